The van der Waals surface area contributed by atoms with Crippen LogP contribution in [0.15, 0.2) is 6.07 Å². The van der Waals surface area contributed by atoms with E-state index in [0.717, 1.165) is 14.2 Å². The molecule has 0 saturated carbocycles. The Hall–Kier alpha value is -2.78. The van der Waals surface area contributed by atoms with E-state index < -0.39 is 44.3 Å². The summed E-state index contributed by atoms with van der Waals surface area (Å²) < 4.78 is 22.2. The second-order valence-corrected chi connectivity index (χ2v) is 3.14. The van der Waals surface area contributed by atoms with Crippen LogP contribution in [0.5, 0.6) is 5.75 Å². The van der Waals surface area contributed by atoms with Gasteiger partial charge in [0.15, 0.2) is 5.82 Å². The molecule has 0 radical (unpaired) electrons. The van der Waals surface area contributed by atoms with E-state index in [9.17, 15) is 29.4 Å². The van der Waals surface area contributed by atoms with Crippen LogP contribution in [0, 0.1) is 26.0 Å². The number of nitro groups is 2. The zero-order valence-corrected chi connectivity index (χ0v) is 9.71. The lowest BCUT2D eigenvalue weighted by atomic mass is 10.1. The number of benzene rings is 1. The largest absolute Gasteiger partial charge is 0.488 e. The third-order valence-corrected chi connectivity index (χ3v) is 2.16. The van der Waals surface area contributed by atoms with Crippen molar-refractivity contribution in [3.63, 3.8) is 0 Å². The van der Waals surface area contributed by atoms with Crippen LogP contribution >= 0.6 is 0 Å². The average molecular weight is 274 g/mol. The molecule has 0 aliphatic carbocycles. The first-order chi connectivity index (χ1) is 8.84. The maximum absolute atomic E-state index is 13.5. The minimum Gasteiger partial charge on any atom is -0.488 e. The SMILES string of the molecule is COC(=O)c1c([N+](=O)[O-])cc(F)c(OC)c1[N+](=O)[O-]. The molecule has 0 atom stereocenters. The lowest BCUT2D eigenvalue weighted by Gasteiger charge is -2.07. The van der Waals surface area contributed by atoms with E-state index in [1.165, 1.54) is 0 Å². The molecule has 1 aromatic rings. The number of hydrogen-bond acceptors (Lipinski definition) is 7. The van der Waals surface area contributed by atoms with Gasteiger partial charge in [0.25, 0.3) is 5.69 Å². The van der Waals surface area contributed by atoms with Crippen LogP contribution < -0.4 is 4.74 Å². The molecule has 0 spiro atoms. The van der Waals surface area contributed by atoms with Gasteiger partial charge in [0.05, 0.1) is 30.1 Å². The molecule has 0 fully saturated rings. The second kappa shape index (κ2) is 5.25. The number of nitro benzene ring substituents is 2. The van der Waals surface area contributed by atoms with Crippen molar-refractivity contribution in [1.82, 2.24) is 0 Å². The number of rotatable bonds is 4. The van der Waals surface area contributed by atoms with Gasteiger partial charge >= 0.3 is 11.7 Å². The third-order valence-electron chi connectivity index (χ3n) is 2.16. The molecular weight excluding hydrogens is 267 g/mol. The fourth-order valence-corrected chi connectivity index (χ4v) is 1.42. The van der Waals surface area contributed by atoms with Crippen LogP contribution in [-0.2, 0) is 4.74 Å². The van der Waals surface area contributed by atoms with Gasteiger partial charge < -0.3 is 9.47 Å². The predicted molar refractivity (Wildman–Crippen MR) is 57.6 cm³/mol. The molecule has 0 heterocycles. The number of hydrogen-bond donors (Lipinski definition) is 0. The Morgan fingerprint density at radius 3 is 2.21 bits per heavy atom. The summed E-state index contributed by atoms with van der Waals surface area (Å²) in [4.78, 5) is 30.8. The summed E-state index contributed by atoms with van der Waals surface area (Å²) >= 11 is 0. The molecule has 19 heavy (non-hydrogen) atoms. The monoisotopic (exact) mass is 274 g/mol. The van der Waals surface area contributed by atoms with E-state index in [1.807, 2.05) is 0 Å². The van der Waals surface area contributed by atoms with E-state index in [4.69, 9.17) is 0 Å². The molecule has 0 saturated heterocycles. The number of halogens is 1. The molecule has 1 aromatic carbocycles. The van der Waals surface area contributed by atoms with Gasteiger partial charge in [-0.1, -0.05) is 0 Å². The van der Waals surface area contributed by atoms with Crippen LogP contribution in [0.25, 0.3) is 0 Å². The lowest BCUT2D eigenvalue weighted by Crippen LogP contribution is -2.11. The van der Waals surface area contributed by atoms with Gasteiger partial charge in [-0.2, -0.15) is 0 Å². The second-order valence-electron chi connectivity index (χ2n) is 3.14. The van der Waals surface area contributed by atoms with Gasteiger partial charge in [-0.05, 0) is 0 Å². The van der Waals surface area contributed by atoms with Gasteiger partial charge in [-0.3, -0.25) is 20.2 Å². The van der Waals surface area contributed by atoms with Crippen molar-refractivity contribution in [2.45, 2.75) is 0 Å². The summed E-state index contributed by atoms with van der Waals surface area (Å²) in [6, 6.07) is 0.359. The van der Waals surface area contributed by atoms with Crippen molar-refractivity contribution in [2.24, 2.45) is 0 Å². The Morgan fingerprint density at radius 2 is 1.84 bits per heavy atom. The fourth-order valence-electron chi connectivity index (χ4n) is 1.42. The van der Waals surface area contributed by atoms with Crippen LogP contribution in [0.4, 0.5) is 15.8 Å². The molecule has 0 unspecified atom stereocenters. The minimum absolute atomic E-state index is 0.359. The third kappa shape index (κ3) is 2.41. The first-order valence-corrected chi connectivity index (χ1v) is 4.62. The Balaban J connectivity index is 3.85. The standard InChI is InChI=1S/C9H7FN2O7/c1-18-8-4(10)3-5(11(14)15)6(9(13)19-2)7(8)12(16)17/h3H,1-2H3. The van der Waals surface area contributed by atoms with Crippen molar-refractivity contribution in [1.29, 1.82) is 0 Å². The zero-order valence-electron chi connectivity index (χ0n) is 9.71. The number of carbonyl (C=O) groups is 1. The van der Waals surface area contributed by atoms with Crippen LogP contribution in [0.1, 0.15) is 10.4 Å². The fraction of sp³-hybridized carbons (Fsp3) is 0.222. The highest BCUT2D eigenvalue weighted by atomic mass is 19.1. The molecule has 0 N–H and O–H groups in total. The van der Waals surface area contributed by atoms with Crippen LogP contribution in [0.3, 0.4) is 0 Å². The van der Waals surface area contributed by atoms with Gasteiger partial charge in [0.2, 0.25) is 11.3 Å². The van der Waals surface area contributed by atoms with E-state index in [-0.39, 0.29) is 0 Å². The van der Waals surface area contributed by atoms with Crippen LogP contribution in [-0.4, -0.2) is 30.0 Å². The van der Waals surface area contributed by atoms with E-state index in [2.05, 4.69) is 9.47 Å². The first kappa shape index (κ1) is 14.3. The summed E-state index contributed by atoms with van der Waals surface area (Å²) in [5.74, 6) is -3.54. The topological polar surface area (TPSA) is 122 Å². The Labute approximate surface area is 104 Å². The van der Waals surface area contributed by atoms with Crippen molar-refractivity contribution in [2.75, 3.05) is 14.2 Å². The predicted octanol–water partition coefficient (Wildman–Crippen LogP) is 1.44. The summed E-state index contributed by atoms with van der Waals surface area (Å²) in [6.07, 6.45) is 0. The number of methoxy groups -OCH3 is 2. The first-order valence-electron chi connectivity index (χ1n) is 4.62. The minimum atomic E-state index is -1.34. The summed E-state index contributed by atoms with van der Waals surface area (Å²) in [5, 5.41) is 21.6. The highest BCUT2D eigenvalue weighted by Crippen LogP contribution is 2.39. The highest BCUT2D eigenvalue weighted by molar-refractivity contribution is 5.99. The smallest absolute Gasteiger partial charge is 0.352 e. The van der Waals surface area contributed by atoms with Crippen molar-refractivity contribution in [3.8, 4) is 5.75 Å². The Bertz CT molecular complexity index is 572. The van der Waals surface area contributed by atoms with Crippen LogP contribution in [0.2, 0.25) is 0 Å². The van der Waals surface area contributed by atoms with Gasteiger partial charge in [0.1, 0.15) is 0 Å². The molecule has 0 bridgehead atoms. The molecule has 10 heteroatoms. The zero-order chi connectivity index (χ0) is 14.7. The maximum atomic E-state index is 13.5. The van der Waals surface area contributed by atoms with E-state index in [0.29, 0.717) is 6.07 Å². The van der Waals surface area contributed by atoms with E-state index >= 15 is 0 Å². The number of esters is 1. The van der Waals surface area contributed by atoms with Gasteiger partial charge in [-0.25, -0.2) is 9.18 Å². The van der Waals surface area contributed by atoms with Crippen molar-refractivity contribution >= 4 is 17.3 Å². The maximum Gasteiger partial charge on any atom is 0.352 e. The molecule has 9 nitrogen and oxygen atoms in total. The normalized spacial score (nSPS) is 9.84. The number of carbonyl (C=O) groups excluding carboxylic acids is 1. The number of ether oxygens (including phenoxy) is 2. The Kier molecular flexibility index (Phi) is 3.94. The number of nitrogens with zero attached hydrogens (tertiary/aromatic N) is 2. The molecule has 0 aliphatic heterocycles. The van der Waals surface area contributed by atoms with Crippen molar-refractivity contribution in [3.05, 3.63) is 37.7 Å². The van der Waals surface area contributed by atoms with Gasteiger partial charge in [-0.15, -0.1) is 0 Å². The molecule has 102 valence electrons. The molecule has 1 rings (SSSR count). The Morgan fingerprint density at radius 1 is 1.26 bits per heavy atom. The summed E-state index contributed by atoms with van der Waals surface area (Å²) in [7, 11) is 1.81. The molecule has 0 aromatic heterocycles. The lowest BCUT2D eigenvalue weighted by molar-refractivity contribution is -0.395. The summed E-state index contributed by atoms with van der Waals surface area (Å²) in [5.41, 5.74) is -3.20. The molecule has 0 amide bonds. The summed E-state index contributed by atoms with van der Waals surface area (Å²) in [6.45, 7) is 0. The molecule has 0 aliphatic rings. The van der Waals surface area contributed by atoms with Gasteiger partial charge in [0, 0.05) is 0 Å². The van der Waals surface area contributed by atoms with Crippen molar-refractivity contribution < 1.29 is 28.5 Å². The van der Waals surface area contributed by atoms with E-state index in [1.54, 1.807) is 0 Å². The quantitative estimate of drug-likeness (QED) is 0.462. The molecular formula is C9H7FN2O7. The average Bonchev–Trinajstić information content (AvgIpc) is 2.35. The highest BCUT2D eigenvalue weighted by Gasteiger charge is 2.38.